The van der Waals surface area contributed by atoms with Gasteiger partial charge in [0.1, 0.15) is 6.61 Å². The van der Waals surface area contributed by atoms with Crippen molar-refractivity contribution in [1.82, 2.24) is 10.3 Å². The van der Waals surface area contributed by atoms with E-state index in [4.69, 9.17) is 19.9 Å². The van der Waals surface area contributed by atoms with Gasteiger partial charge in [0.15, 0.2) is 5.96 Å². The molecule has 1 rings (SSSR count). The summed E-state index contributed by atoms with van der Waals surface area (Å²) in [6.07, 6.45) is 1.68. The van der Waals surface area contributed by atoms with Crippen molar-refractivity contribution in [2.75, 3.05) is 34.0 Å². The number of nitrogens with one attached hydrogen (secondary N) is 1. The van der Waals surface area contributed by atoms with E-state index in [1.807, 2.05) is 19.1 Å². The lowest BCUT2D eigenvalue weighted by Gasteiger charge is -2.13. The van der Waals surface area contributed by atoms with Crippen LogP contribution in [0.25, 0.3) is 0 Å². The molecule has 0 bridgehead atoms. The second-order valence-electron chi connectivity index (χ2n) is 4.51. The van der Waals surface area contributed by atoms with Gasteiger partial charge in [-0.15, -0.1) is 0 Å². The van der Waals surface area contributed by atoms with Crippen molar-refractivity contribution in [2.24, 2.45) is 10.7 Å². The summed E-state index contributed by atoms with van der Waals surface area (Å²) < 4.78 is 15.5. The van der Waals surface area contributed by atoms with Gasteiger partial charge in [-0.05, 0) is 13.0 Å². The molecule has 0 aliphatic heterocycles. The lowest BCUT2D eigenvalue weighted by atomic mass is 10.3. The molecule has 0 fully saturated rings. The summed E-state index contributed by atoms with van der Waals surface area (Å²) in [5.41, 5.74) is 6.70. The molecule has 1 unspecified atom stereocenters. The smallest absolute Gasteiger partial charge is 0.218 e. The number of ether oxygens (including phenoxy) is 3. The molecule has 1 aromatic heterocycles. The Morgan fingerprint density at radius 2 is 2.19 bits per heavy atom. The van der Waals surface area contributed by atoms with E-state index in [1.165, 1.54) is 0 Å². The summed E-state index contributed by atoms with van der Waals surface area (Å²) in [6.45, 7) is 3.89. The molecule has 3 N–H and O–H groups in total. The molecule has 0 spiro atoms. The Morgan fingerprint density at radius 3 is 2.90 bits per heavy atom. The van der Waals surface area contributed by atoms with E-state index in [0.29, 0.717) is 38.2 Å². The fraction of sp³-hybridized carbons (Fsp3) is 0.571. The molecule has 7 heteroatoms. The van der Waals surface area contributed by atoms with E-state index in [-0.39, 0.29) is 6.04 Å². The van der Waals surface area contributed by atoms with Crippen molar-refractivity contribution < 1.29 is 14.2 Å². The Kier molecular flexibility index (Phi) is 8.15. The van der Waals surface area contributed by atoms with E-state index >= 15 is 0 Å². The van der Waals surface area contributed by atoms with E-state index < -0.39 is 0 Å². The highest BCUT2D eigenvalue weighted by molar-refractivity contribution is 5.78. The summed E-state index contributed by atoms with van der Waals surface area (Å²) >= 11 is 0. The summed E-state index contributed by atoms with van der Waals surface area (Å²) in [4.78, 5) is 8.47. The number of pyridine rings is 1. The number of nitrogens with two attached hydrogens (primary N) is 1. The highest BCUT2D eigenvalue weighted by atomic mass is 16.5. The van der Waals surface area contributed by atoms with Gasteiger partial charge < -0.3 is 25.3 Å². The number of hydrogen-bond donors (Lipinski definition) is 2. The lowest BCUT2D eigenvalue weighted by Crippen LogP contribution is -2.40. The van der Waals surface area contributed by atoms with Gasteiger partial charge in [0.2, 0.25) is 5.88 Å². The topological polar surface area (TPSA) is 91.0 Å². The third-order valence-corrected chi connectivity index (χ3v) is 2.61. The lowest BCUT2D eigenvalue weighted by molar-refractivity contribution is 0.143. The fourth-order valence-corrected chi connectivity index (χ4v) is 1.66. The Morgan fingerprint density at radius 1 is 1.38 bits per heavy atom. The summed E-state index contributed by atoms with van der Waals surface area (Å²) in [5, 5.41) is 3.04. The molecule has 1 aromatic rings. The predicted molar refractivity (Wildman–Crippen MR) is 81.4 cm³/mol. The zero-order chi connectivity index (χ0) is 15.5. The Hall–Kier alpha value is -1.86. The second-order valence-corrected chi connectivity index (χ2v) is 4.51. The maximum Gasteiger partial charge on any atom is 0.218 e. The SMILES string of the molecule is COCCOc1ncccc1CN=C(N)NC(C)COC. The third kappa shape index (κ3) is 6.92. The predicted octanol–water partition coefficient (Wildman–Crippen LogP) is 0.546. The second kappa shape index (κ2) is 9.95. The molecule has 0 saturated heterocycles. The fourth-order valence-electron chi connectivity index (χ4n) is 1.66. The normalized spacial score (nSPS) is 13.0. The van der Waals surface area contributed by atoms with E-state index in [2.05, 4.69) is 15.3 Å². The summed E-state index contributed by atoms with van der Waals surface area (Å²) in [5.74, 6) is 0.919. The minimum Gasteiger partial charge on any atom is -0.475 e. The standard InChI is InChI=1S/C14H24N4O3/c1-11(10-20-3)18-14(15)17-9-12-5-4-6-16-13(12)21-8-7-19-2/h4-6,11H,7-10H2,1-3H3,(H3,15,17,18). The molecular weight excluding hydrogens is 272 g/mol. The monoisotopic (exact) mass is 296 g/mol. The van der Waals surface area contributed by atoms with Gasteiger partial charge in [0.25, 0.3) is 0 Å². The molecule has 0 aliphatic rings. The Labute approximate surface area is 125 Å². The molecule has 1 heterocycles. The maximum atomic E-state index is 5.83. The Bertz CT molecular complexity index is 440. The van der Waals surface area contributed by atoms with Crippen molar-refractivity contribution in [2.45, 2.75) is 19.5 Å². The number of guanidine groups is 1. The number of aliphatic imine (C=N–C) groups is 1. The van der Waals surface area contributed by atoms with Crippen molar-refractivity contribution in [1.29, 1.82) is 0 Å². The summed E-state index contributed by atoms with van der Waals surface area (Å²) in [7, 11) is 3.27. The van der Waals surface area contributed by atoms with E-state index in [9.17, 15) is 0 Å². The molecule has 118 valence electrons. The summed E-state index contributed by atoms with van der Waals surface area (Å²) in [6, 6.07) is 3.85. The van der Waals surface area contributed by atoms with E-state index in [0.717, 1.165) is 5.56 Å². The average Bonchev–Trinajstić information content (AvgIpc) is 2.46. The van der Waals surface area contributed by atoms with Crippen LogP contribution in [0.3, 0.4) is 0 Å². The van der Waals surface area contributed by atoms with Crippen LogP contribution in [0.2, 0.25) is 0 Å². The van der Waals surface area contributed by atoms with Gasteiger partial charge >= 0.3 is 0 Å². The zero-order valence-electron chi connectivity index (χ0n) is 12.8. The van der Waals surface area contributed by atoms with Gasteiger partial charge in [-0.3, -0.25) is 0 Å². The molecular formula is C14H24N4O3. The minimum absolute atomic E-state index is 0.102. The quantitative estimate of drug-likeness (QED) is 0.393. The first-order chi connectivity index (χ1) is 10.2. The van der Waals surface area contributed by atoms with Crippen molar-refractivity contribution in [3.8, 4) is 5.88 Å². The third-order valence-electron chi connectivity index (χ3n) is 2.61. The van der Waals surface area contributed by atoms with Crippen LogP contribution in [0.4, 0.5) is 0 Å². The molecule has 7 nitrogen and oxygen atoms in total. The van der Waals surface area contributed by atoms with Crippen LogP contribution < -0.4 is 15.8 Å². The van der Waals surface area contributed by atoms with Crippen LogP contribution in [0, 0.1) is 0 Å². The number of aromatic nitrogens is 1. The first-order valence-corrected chi connectivity index (χ1v) is 6.78. The average molecular weight is 296 g/mol. The van der Waals surface area contributed by atoms with Crippen molar-refractivity contribution in [3.63, 3.8) is 0 Å². The van der Waals surface area contributed by atoms with Gasteiger partial charge in [-0.1, -0.05) is 6.07 Å². The Balaban J connectivity index is 2.57. The zero-order valence-corrected chi connectivity index (χ0v) is 12.8. The molecule has 0 amide bonds. The minimum atomic E-state index is 0.102. The highest BCUT2D eigenvalue weighted by Gasteiger charge is 2.05. The van der Waals surface area contributed by atoms with Gasteiger partial charge in [0, 0.05) is 32.0 Å². The number of rotatable bonds is 9. The molecule has 21 heavy (non-hydrogen) atoms. The highest BCUT2D eigenvalue weighted by Crippen LogP contribution is 2.15. The van der Waals surface area contributed by atoms with Crippen LogP contribution in [0.5, 0.6) is 5.88 Å². The van der Waals surface area contributed by atoms with Crippen LogP contribution in [-0.4, -0.2) is 51.0 Å². The van der Waals surface area contributed by atoms with Crippen LogP contribution in [0.15, 0.2) is 23.3 Å². The van der Waals surface area contributed by atoms with Crippen molar-refractivity contribution >= 4 is 5.96 Å². The largest absolute Gasteiger partial charge is 0.475 e. The van der Waals surface area contributed by atoms with Gasteiger partial charge in [0.05, 0.1) is 19.8 Å². The maximum absolute atomic E-state index is 5.83. The first kappa shape index (κ1) is 17.2. The van der Waals surface area contributed by atoms with Crippen LogP contribution >= 0.6 is 0 Å². The molecule has 0 saturated carbocycles. The molecule has 1 atom stereocenters. The van der Waals surface area contributed by atoms with E-state index in [1.54, 1.807) is 20.4 Å². The van der Waals surface area contributed by atoms with Crippen molar-refractivity contribution in [3.05, 3.63) is 23.9 Å². The first-order valence-electron chi connectivity index (χ1n) is 6.78. The number of hydrogen-bond acceptors (Lipinski definition) is 5. The number of nitrogens with zero attached hydrogens (tertiary/aromatic N) is 2. The molecule has 0 aliphatic carbocycles. The molecule has 0 radical (unpaired) electrons. The van der Waals surface area contributed by atoms with Gasteiger partial charge in [-0.2, -0.15) is 0 Å². The van der Waals surface area contributed by atoms with Gasteiger partial charge in [-0.25, -0.2) is 9.98 Å². The number of methoxy groups -OCH3 is 2. The van der Waals surface area contributed by atoms with Crippen LogP contribution in [-0.2, 0) is 16.0 Å². The van der Waals surface area contributed by atoms with Crippen LogP contribution in [0.1, 0.15) is 12.5 Å². The molecule has 0 aromatic carbocycles.